The Morgan fingerprint density at radius 3 is 2.75 bits per heavy atom. The van der Waals surface area contributed by atoms with Gasteiger partial charge in [-0.3, -0.25) is 14.9 Å². The molecule has 0 radical (unpaired) electrons. The van der Waals surface area contributed by atoms with Crippen molar-refractivity contribution in [2.24, 2.45) is 0 Å². The number of thiophene rings is 1. The van der Waals surface area contributed by atoms with Gasteiger partial charge in [0.1, 0.15) is 6.04 Å². The van der Waals surface area contributed by atoms with Crippen LogP contribution in [0.1, 0.15) is 18.5 Å². The molecule has 0 bridgehead atoms. The predicted octanol–water partition coefficient (Wildman–Crippen LogP) is 0.599. The summed E-state index contributed by atoms with van der Waals surface area (Å²) in [5.41, 5.74) is 0.736. The molecule has 6 heteroatoms. The van der Waals surface area contributed by atoms with Gasteiger partial charge in [0.25, 0.3) is 0 Å². The van der Waals surface area contributed by atoms with Crippen LogP contribution >= 0.6 is 11.3 Å². The maximum absolute atomic E-state index is 11.0. The van der Waals surface area contributed by atoms with Gasteiger partial charge in [0.15, 0.2) is 0 Å². The van der Waals surface area contributed by atoms with Gasteiger partial charge in [0.05, 0.1) is 0 Å². The second-order valence-electron chi connectivity index (χ2n) is 3.27. The Kier molecular flexibility index (Phi) is 4.94. The number of carboxylic acids is 1. The number of amides is 1. The Labute approximate surface area is 97.5 Å². The molecule has 1 aromatic rings. The lowest BCUT2D eigenvalue weighted by Gasteiger charge is -2.13. The first-order valence-corrected chi connectivity index (χ1v) is 5.78. The van der Waals surface area contributed by atoms with Crippen molar-refractivity contribution in [3.05, 3.63) is 22.4 Å². The van der Waals surface area contributed by atoms with E-state index in [9.17, 15) is 9.59 Å². The quantitative estimate of drug-likeness (QED) is 0.638. The number of carbonyl (C=O) groups excluding carboxylic acids is 1. The first kappa shape index (κ1) is 12.7. The van der Waals surface area contributed by atoms with Crippen LogP contribution in [0.3, 0.4) is 0 Å². The van der Waals surface area contributed by atoms with Crippen LogP contribution in [-0.4, -0.2) is 30.1 Å². The Morgan fingerprint density at radius 2 is 2.25 bits per heavy atom. The maximum Gasteiger partial charge on any atom is 0.325 e. The van der Waals surface area contributed by atoms with Crippen molar-refractivity contribution in [1.82, 2.24) is 10.6 Å². The van der Waals surface area contributed by atoms with Gasteiger partial charge in [-0.2, -0.15) is 11.3 Å². The average molecular weight is 242 g/mol. The van der Waals surface area contributed by atoms with Crippen molar-refractivity contribution in [2.75, 3.05) is 13.1 Å². The molecule has 0 saturated heterocycles. The Morgan fingerprint density at radius 1 is 1.50 bits per heavy atom. The van der Waals surface area contributed by atoms with Crippen LogP contribution in [0.25, 0.3) is 0 Å². The third-order valence-electron chi connectivity index (χ3n) is 1.97. The lowest BCUT2D eigenvalue weighted by Crippen LogP contribution is -2.35. The lowest BCUT2D eigenvalue weighted by molar-refractivity contribution is -0.139. The molecule has 5 nitrogen and oxygen atoms in total. The highest BCUT2D eigenvalue weighted by Gasteiger charge is 2.18. The Balaban J connectivity index is 2.41. The van der Waals surface area contributed by atoms with Crippen LogP contribution in [-0.2, 0) is 9.59 Å². The molecule has 3 N–H and O–H groups in total. The van der Waals surface area contributed by atoms with Crippen molar-refractivity contribution < 1.29 is 14.7 Å². The summed E-state index contributed by atoms with van der Waals surface area (Å²) in [6, 6.07) is 1.06. The first-order chi connectivity index (χ1) is 7.61. The van der Waals surface area contributed by atoms with Crippen LogP contribution in [0.4, 0.5) is 0 Å². The van der Waals surface area contributed by atoms with E-state index in [1.807, 2.05) is 5.38 Å². The largest absolute Gasteiger partial charge is 0.480 e. The van der Waals surface area contributed by atoms with E-state index in [4.69, 9.17) is 5.11 Å². The molecule has 0 saturated carbocycles. The number of hydrogen-bond acceptors (Lipinski definition) is 4. The molecule has 1 heterocycles. The van der Waals surface area contributed by atoms with Crippen LogP contribution < -0.4 is 10.6 Å². The molecular formula is C10H14N2O3S. The van der Waals surface area contributed by atoms with Crippen molar-refractivity contribution in [2.45, 2.75) is 13.0 Å². The van der Waals surface area contributed by atoms with Crippen molar-refractivity contribution in [3.63, 3.8) is 0 Å². The minimum absolute atomic E-state index is 0.121. The maximum atomic E-state index is 11.0. The predicted molar refractivity (Wildman–Crippen MR) is 61.4 cm³/mol. The topological polar surface area (TPSA) is 78.4 Å². The third-order valence-corrected chi connectivity index (χ3v) is 2.67. The number of rotatable bonds is 6. The summed E-state index contributed by atoms with van der Waals surface area (Å²) in [6.07, 6.45) is 0. The fourth-order valence-corrected chi connectivity index (χ4v) is 1.93. The zero-order valence-electron chi connectivity index (χ0n) is 8.90. The van der Waals surface area contributed by atoms with Gasteiger partial charge in [-0.05, 0) is 22.4 Å². The van der Waals surface area contributed by atoms with Gasteiger partial charge in [-0.15, -0.1) is 0 Å². The van der Waals surface area contributed by atoms with Crippen LogP contribution in [0, 0.1) is 0 Å². The normalized spacial score (nSPS) is 12.1. The van der Waals surface area contributed by atoms with E-state index in [-0.39, 0.29) is 5.91 Å². The summed E-state index contributed by atoms with van der Waals surface area (Å²) in [7, 11) is 0. The highest BCUT2D eigenvalue weighted by molar-refractivity contribution is 7.08. The molecule has 0 fully saturated rings. The second kappa shape index (κ2) is 6.24. The molecular weight excluding hydrogens is 228 g/mol. The molecule has 0 aliphatic heterocycles. The van der Waals surface area contributed by atoms with Crippen molar-refractivity contribution in [3.8, 4) is 0 Å². The van der Waals surface area contributed by atoms with Crippen molar-refractivity contribution in [1.29, 1.82) is 0 Å². The summed E-state index contributed by atoms with van der Waals surface area (Å²) in [5.74, 6) is -1.04. The molecule has 1 unspecified atom stereocenters. The van der Waals surface area contributed by atoms with E-state index in [2.05, 4.69) is 10.6 Å². The fraction of sp³-hybridized carbons (Fsp3) is 0.400. The number of hydrogen-bond donors (Lipinski definition) is 3. The second-order valence-corrected chi connectivity index (χ2v) is 4.05. The monoisotopic (exact) mass is 242 g/mol. The average Bonchev–Trinajstić information content (AvgIpc) is 2.69. The number of carboxylic acid groups (broad SMARTS) is 1. The van der Waals surface area contributed by atoms with Gasteiger partial charge < -0.3 is 10.4 Å². The molecule has 16 heavy (non-hydrogen) atoms. The zero-order valence-corrected chi connectivity index (χ0v) is 9.71. The van der Waals surface area contributed by atoms with Crippen LogP contribution in [0.2, 0.25) is 0 Å². The van der Waals surface area contributed by atoms with Gasteiger partial charge in [-0.1, -0.05) is 0 Å². The fourth-order valence-electron chi connectivity index (χ4n) is 1.24. The van der Waals surface area contributed by atoms with E-state index in [0.717, 1.165) is 5.56 Å². The molecule has 88 valence electrons. The van der Waals surface area contributed by atoms with Crippen LogP contribution in [0.5, 0.6) is 0 Å². The molecule has 1 amide bonds. The van der Waals surface area contributed by atoms with Gasteiger partial charge in [0.2, 0.25) is 5.91 Å². The van der Waals surface area contributed by atoms with E-state index in [1.165, 1.54) is 18.3 Å². The van der Waals surface area contributed by atoms with E-state index >= 15 is 0 Å². The van der Waals surface area contributed by atoms with Gasteiger partial charge in [-0.25, -0.2) is 0 Å². The molecule has 0 aromatic carbocycles. The van der Waals surface area contributed by atoms with Gasteiger partial charge in [0, 0.05) is 20.0 Å². The minimum atomic E-state index is -0.916. The summed E-state index contributed by atoms with van der Waals surface area (Å²) in [6.45, 7) is 2.27. The standard InChI is InChI=1S/C10H14N2O3S/c1-7(13)11-3-4-12-9(10(14)15)8-2-5-16-6-8/h2,5-6,9,12H,3-4H2,1H3,(H,11,13)(H,14,15). The highest BCUT2D eigenvalue weighted by Crippen LogP contribution is 2.16. The molecule has 1 atom stereocenters. The molecule has 0 spiro atoms. The molecule has 0 aliphatic rings. The van der Waals surface area contributed by atoms with Crippen molar-refractivity contribution >= 4 is 23.2 Å². The zero-order chi connectivity index (χ0) is 12.0. The molecule has 1 rings (SSSR count). The SMILES string of the molecule is CC(=O)NCCNC(C(=O)O)c1ccsc1. The summed E-state index contributed by atoms with van der Waals surface area (Å²) in [4.78, 5) is 21.6. The Hall–Kier alpha value is -1.40. The summed E-state index contributed by atoms with van der Waals surface area (Å²) in [5, 5.41) is 18.1. The molecule has 0 aliphatic carbocycles. The number of aliphatic carboxylic acids is 1. The van der Waals surface area contributed by atoms with Gasteiger partial charge >= 0.3 is 5.97 Å². The van der Waals surface area contributed by atoms with E-state index < -0.39 is 12.0 Å². The van der Waals surface area contributed by atoms with E-state index in [0.29, 0.717) is 13.1 Å². The minimum Gasteiger partial charge on any atom is -0.480 e. The summed E-state index contributed by atoms with van der Waals surface area (Å²) < 4.78 is 0. The smallest absolute Gasteiger partial charge is 0.325 e. The first-order valence-electron chi connectivity index (χ1n) is 4.84. The number of carbonyl (C=O) groups is 2. The summed E-state index contributed by atoms with van der Waals surface area (Å²) >= 11 is 1.46. The lowest BCUT2D eigenvalue weighted by atomic mass is 10.1. The van der Waals surface area contributed by atoms with E-state index in [1.54, 1.807) is 11.4 Å². The molecule has 1 aromatic heterocycles. The van der Waals surface area contributed by atoms with Crippen LogP contribution in [0.15, 0.2) is 16.8 Å². The third kappa shape index (κ3) is 4.00. The highest BCUT2D eigenvalue weighted by atomic mass is 32.1. The number of nitrogens with one attached hydrogen (secondary N) is 2. The Bertz CT molecular complexity index is 351.